The lowest BCUT2D eigenvalue weighted by Gasteiger charge is -2.36. The first kappa shape index (κ1) is 13.3. The summed E-state index contributed by atoms with van der Waals surface area (Å²) >= 11 is 0. The quantitative estimate of drug-likeness (QED) is 0.905. The molecule has 3 nitrogen and oxygen atoms in total. The predicted molar refractivity (Wildman–Crippen MR) is 83.5 cm³/mol. The van der Waals surface area contributed by atoms with Crippen LogP contribution in [-0.2, 0) is 12.8 Å². The van der Waals surface area contributed by atoms with Gasteiger partial charge in [-0.05, 0) is 69.2 Å². The molecule has 2 bridgehead atoms. The summed E-state index contributed by atoms with van der Waals surface area (Å²) in [4.78, 5) is 15.2. The van der Waals surface area contributed by atoms with Crippen LogP contribution in [0.5, 0.6) is 0 Å². The van der Waals surface area contributed by atoms with Crippen LogP contribution in [0, 0.1) is 0 Å². The van der Waals surface area contributed by atoms with Crippen LogP contribution in [0.4, 0.5) is 0 Å². The maximum Gasteiger partial charge on any atom is 0.251 e. The molecule has 2 heterocycles. The number of aryl methyl sites for hydroxylation is 1. The predicted octanol–water partition coefficient (Wildman–Crippen LogP) is 2.53. The van der Waals surface area contributed by atoms with Crippen LogP contribution < -0.4 is 5.32 Å². The second-order valence-corrected chi connectivity index (χ2v) is 6.99. The fourth-order valence-electron chi connectivity index (χ4n) is 4.62. The highest BCUT2D eigenvalue weighted by molar-refractivity contribution is 5.96. The fraction of sp³-hybridized carbons (Fsp3) is 0.611. The monoisotopic (exact) mass is 284 g/mol. The van der Waals surface area contributed by atoms with Crippen LogP contribution >= 0.6 is 0 Å². The first-order chi connectivity index (χ1) is 10.2. The Labute approximate surface area is 126 Å². The minimum Gasteiger partial charge on any atom is -0.349 e. The van der Waals surface area contributed by atoms with Crippen LogP contribution in [0.1, 0.15) is 53.6 Å². The number of piperidine rings is 1. The molecule has 0 saturated carbocycles. The van der Waals surface area contributed by atoms with Gasteiger partial charge in [0, 0.05) is 23.7 Å². The zero-order chi connectivity index (χ0) is 14.4. The molecule has 1 N–H and O–H groups in total. The Hall–Kier alpha value is -1.35. The molecule has 3 aliphatic rings. The minimum absolute atomic E-state index is 0.155. The molecule has 0 spiro atoms. The van der Waals surface area contributed by atoms with E-state index in [9.17, 15) is 4.79 Å². The summed E-state index contributed by atoms with van der Waals surface area (Å²) in [6.45, 7) is 0. The number of benzene rings is 1. The average Bonchev–Trinajstić information content (AvgIpc) is 3.01. The molecule has 112 valence electrons. The van der Waals surface area contributed by atoms with Gasteiger partial charge in [0.1, 0.15) is 0 Å². The number of carbonyl (C=O) groups is 1. The van der Waals surface area contributed by atoms with Gasteiger partial charge >= 0.3 is 0 Å². The summed E-state index contributed by atoms with van der Waals surface area (Å²) in [5.41, 5.74) is 3.60. The van der Waals surface area contributed by atoms with Gasteiger partial charge in [0.15, 0.2) is 0 Å². The van der Waals surface area contributed by atoms with Crippen LogP contribution in [0.15, 0.2) is 18.2 Å². The third-order valence-electron chi connectivity index (χ3n) is 5.82. The number of hydrogen-bond acceptors (Lipinski definition) is 2. The summed E-state index contributed by atoms with van der Waals surface area (Å²) in [5, 5.41) is 3.32. The number of amides is 1. The van der Waals surface area contributed by atoms with Crippen LogP contribution in [0.2, 0.25) is 0 Å². The third-order valence-corrected chi connectivity index (χ3v) is 5.82. The van der Waals surface area contributed by atoms with E-state index >= 15 is 0 Å². The van der Waals surface area contributed by atoms with Gasteiger partial charge in [-0.25, -0.2) is 0 Å². The van der Waals surface area contributed by atoms with E-state index < -0.39 is 0 Å². The van der Waals surface area contributed by atoms with Gasteiger partial charge in [-0.1, -0.05) is 12.1 Å². The van der Waals surface area contributed by atoms with Gasteiger partial charge in [0.25, 0.3) is 5.91 Å². The summed E-state index contributed by atoms with van der Waals surface area (Å²) in [7, 11) is 2.24. The highest BCUT2D eigenvalue weighted by Crippen LogP contribution is 2.34. The molecule has 0 aromatic heterocycles. The average molecular weight is 284 g/mol. The Morgan fingerprint density at radius 3 is 2.71 bits per heavy atom. The van der Waals surface area contributed by atoms with E-state index in [0.29, 0.717) is 18.1 Å². The Bertz CT molecular complexity index is 554. The maximum absolute atomic E-state index is 12.7. The minimum atomic E-state index is 0.155. The Morgan fingerprint density at radius 1 is 1.19 bits per heavy atom. The summed E-state index contributed by atoms with van der Waals surface area (Å²) in [6.07, 6.45) is 8.23. The van der Waals surface area contributed by atoms with Crippen molar-refractivity contribution in [1.29, 1.82) is 0 Å². The molecule has 2 fully saturated rings. The van der Waals surface area contributed by atoms with E-state index in [1.807, 2.05) is 12.1 Å². The van der Waals surface area contributed by atoms with Gasteiger partial charge in [-0.2, -0.15) is 0 Å². The van der Waals surface area contributed by atoms with Gasteiger partial charge < -0.3 is 10.2 Å². The van der Waals surface area contributed by atoms with Gasteiger partial charge in [-0.15, -0.1) is 0 Å². The second kappa shape index (κ2) is 5.13. The largest absolute Gasteiger partial charge is 0.349 e. The number of nitrogens with one attached hydrogen (secondary N) is 1. The Kier molecular flexibility index (Phi) is 3.26. The molecular formula is C18H24N2O. The van der Waals surface area contributed by atoms with Crippen molar-refractivity contribution >= 4 is 5.91 Å². The summed E-state index contributed by atoms with van der Waals surface area (Å²) in [5.74, 6) is 0.155. The van der Waals surface area contributed by atoms with Crippen LogP contribution in [0.25, 0.3) is 0 Å². The normalized spacial score (nSPS) is 31.2. The Morgan fingerprint density at radius 2 is 1.95 bits per heavy atom. The zero-order valence-electron chi connectivity index (χ0n) is 12.8. The lowest BCUT2D eigenvalue weighted by Crippen LogP contribution is -2.48. The molecule has 21 heavy (non-hydrogen) atoms. The number of nitrogens with zero attached hydrogens (tertiary/aromatic N) is 1. The molecule has 1 aromatic rings. The SMILES string of the molecule is CN1[C@@H]2CC[C@H]1C[C@H](NC(=O)c1cccc3c1CCC3)C2. The highest BCUT2D eigenvalue weighted by atomic mass is 16.1. The lowest BCUT2D eigenvalue weighted by atomic mass is 9.96. The van der Waals surface area contributed by atoms with Crippen molar-refractivity contribution in [2.24, 2.45) is 0 Å². The number of hydrogen-bond donors (Lipinski definition) is 1. The molecule has 4 rings (SSSR count). The van der Waals surface area contributed by atoms with Gasteiger partial charge in [0.2, 0.25) is 0 Å². The van der Waals surface area contributed by atoms with Gasteiger partial charge in [-0.3, -0.25) is 4.79 Å². The van der Waals surface area contributed by atoms with Crippen molar-refractivity contribution in [3.8, 4) is 0 Å². The van der Waals surface area contributed by atoms with Crippen LogP contribution in [0.3, 0.4) is 0 Å². The number of fused-ring (bicyclic) bond motifs is 3. The molecule has 2 saturated heterocycles. The van der Waals surface area contributed by atoms with Crippen molar-refractivity contribution in [3.05, 3.63) is 34.9 Å². The molecule has 2 aliphatic heterocycles. The molecule has 0 radical (unpaired) electrons. The molecule has 1 aromatic carbocycles. The maximum atomic E-state index is 12.7. The van der Waals surface area contributed by atoms with Crippen molar-refractivity contribution < 1.29 is 4.79 Å². The van der Waals surface area contributed by atoms with E-state index in [4.69, 9.17) is 0 Å². The number of carbonyl (C=O) groups excluding carboxylic acids is 1. The van der Waals surface area contributed by atoms with Gasteiger partial charge in [0.05, 0.1) is 0 Å². The highest BCUT2D eigenvalue weighted by Gasteiger charge is 2.39. The standard InChI is InChI=1S/C18H24N2O/c1-20-14-8-9-15(20)11-13(10-14)19-18(21)17-7-3-5-12-4-2-6-16(12)17/h3,5,7,13-15H,2,4,6,8-11H2,1H3,(H,19,21)/t13-,14-,15+. The van der Waals surface area contributed by atoms with E-state index in [2.05, 4.69) is 23.3 Å². The van der Waals surface area contributed by atoms with Crippen molar-refractivity contribution in [3.63, 3.8) is 0 Å². The van der Waals surface area contributed by atoms with Crippen molar-refractivity contribution in [1.82, 2.24) is 10.2 Å². The van der Waals surface area contributed by atoms with E-state index in [1.165, 1.54) is 30.4 Å². The molecule has 3 atom stereocenters. The zero-order valence-corrected chi connectivity index (χ0v) is 12.8. The van der Waals surface area contributed by atoms with Crippen LogP contribution in [-0.4, -0.2) is 36.0 Å². The third kappa shape index (κ3) is 2.28. The molecule has 1 amide bonds. The fourth-order valence-corrected chi connectivity index (χ4v) is 4.62. The first-order valence-corrected chi connectivity index (χ1v) is 8.36. The topological polar surface area (TPSA) is 32.3 Å². The second-order valence-electron chi connectivity index (χ2n) is 6.99. The lowest BCUT2D eigenvalue weighted by molar-refractivity contribution is 0.0881. The van der Waals surface area contributed by atoms with Crippen molar-refractivity contribution in [2.75, 3.05) is 7.05 Å². The first-order valence-electron chi connectivity index (χ1n) is 8.36. The van der Waals surface area contributed by atoms with E-state index in [1.54, 1.807) is 0 Å². The van der Waals surface area contributed by atoms with E-state index in [0.717, 1.165) is 31.2 Å². The Balaban J connectivity index is 1.49. The van der Waals surface area contributed by atoms with Crippen molar-refractivity contribution in [2.45, 2.75) is 63.1 Å². The smallest absolute Gasteiger partial charge is 0.251 e. The summed E-state index contributed by atoms with van der Waals surface area (Å²) < 4.78 is 0. The van der Waals surface area contributed by atoms with E-state index in [-0.39, 0.29) is 5.91 Å². The molecule has 3 heteroatoms. The molecule has 1 aliphatic carbocycles. The number of rotatable bonds is 2. The summed E-state index contributed by atoms with van der Waals surface area (Å²) in [6, 6.07) is 7.93. The molecular weight excluding hydrogens is 260 g/mol. The molecule has 0 unspecified atom stereocenters.